The molecule has 19 heavy (non-hydrogen) atoms. The Labute approximate surface area is 119 Å². The molecule has 0 aliphatic carbocycles. The molecule has 1 aromatic carbocycles. The molecule has 1 saturated heterocycles. The van der Waals surface area contributed by atoms with Gasteiger partial charge in [0.2, 0.25) is 5.91 Å². The Morgan fingerprint density at radius 3 is 2.79 bits per heavy atom. The van der Waals surface area contributed by atoms with Gasteiger partial charge < -0.3 is 4.90 Å². The maximum Gasteiger partial charge on any atom is 0.283 e. The first-order chi connectivity index (χ1) is 8.99. The van der Waals surface area contributed by atoms with Crippen molar-refractivity contribution in [2.24, 2.45) is 0 Å². The number of amides is 1. The number of piperazine rings is 1. The van der Waals surface area contributed by atoms with Crippen molar-refractivity contribution in [3.63, 3.8) is 0 Å². The van der Waals surface area contributed by atoms with Gasteiger partial charge in [-0.25, -0.2) is 0 Å². The minimum absolute atomic E-state index is 0.0537. The number of likely N-dealkylation sites (N-methyl/N-ethyl adjacent to an activating group) is 1. The van der Waals surface area contributed by atoms with Gasteiger partial charge in [-0.15, -0.1) is 0 Å². The standard InChI is InChI=1S/C12H14BrN3O3/c1-14-5-6-15(8-11(14)17)7-9-3-2-4-10(12(9)13)16(18)19/h2-4H,5-8H2,1H3. The van der Waals surface area contributed by atoms with Crippen molar-refractivity contribution in [3.8, 4) is 0 Å². The molecule has 1 aromatic rings. The van der Waals surface area contributed by atoms with Crippen molar-refractivity contribution < 1.29 is 9.72 Å². The Balaban J connectivity index is 2.14. The number of carbonyl (C=O) groups excluding carboxylic acids is 1. The normalized spacial score (nSPS) is 16.7. The highest BCUT2D eigenvalue weighted by atomic mass is 79.9. The number of carbonyl (C=O) groups is 1. The molecule has 1 fully saturated rings. The third kappa shape index (κ3) is 3.10. The van der Waals surface area contributed by atoms with Crippen LogP contribution in [0.3, 0.4) is 0 Å². The highest BCUT2D eigenvalue weighted by Crippen LogP contribution is 2.29. The van der Waals surface area contributed by atoms with E-state index in [-0.39, 0.29) is 11.6 Å². The predicted molar refractivity (Wildman–Crippen MR) is 73.7 cm³/mol. The molecule has 0 N–H and O–H groups in total. The molecule has 0 atom stereocenters. The Morgan fingerprint density at radius 2 is 2.16 bits per heavy atom. The van der Waals surface area contributed by atoms with Crippen LogP contribution in [0.4, 0.5) is 5.69 Å². The van der Waals surface area contributed by atoms with E-state index < -0.39 is 4.92 Å². The van der Waals surface area contributed by atoms with Crippen LogP contribution in [0.2, 0.25) is 0 Å². The van der Waals surface area contributed by atoms with Crippen LogP contribution in [0.25, 0.3) is 0 Å². The lowest BCUT2D eigenvalue weighted by Crippen LogP contribution is -2.48. The molecule has 6 nitrogen and oxygen atoms in total. The van der Waals surface area contributed by atoms with Gasteiger partial charge in [-0.05, 0) is 21.5 Å². The minimum Gasteiger partial charge on any atom is -0.343 e. The first kappa shape index (κ1) is 14.0. The number of hydrogen-bond acceptors (Lipinski definition) is 4. The predicted octanol–water partition coefficient (Wildman–Crippen LogP) is 1.63. The molecule has 7 heteroatoms. The van der Waals surface area contributed by atoms with Crippen molar-refractivity contribution in [2.75, 3.05) is 26.7 Å². The van der Waals surface area contributed by atoms with Crippen LogP contribution in [-0.2, 0) is 11.3 Å². The quantitative estimate of drug-likeness (QED) is 0.625. The summed E-state index contributed by atoms with van der Waals surface area (Å²) in [7, 11) is 1.78. The lowest BCUT2D eigenvalue weighted by atomic mass is 10.1. The molecule has 1 amide bonds. The molecule has 0 radical (unpaired) electrons. The second-order valence-corrected chi connectivity index (χ2v) is 5.33. The van der Waals surface area contributed by atoms with Gasteiger partial charge in [0.05, 0.1) is 15.9 Å². The first-order valence-electron chi connectivity index (χ1n) is 5.87. The number of halogens is 1. The second-order valence-electron chi connectivity index (χ2n) is 4.53. The Hall–Kier alpha value is -1.47. The van der Waals surface area contributed by atoms with Crippen molar-refractivity contribution in [3.05, 3.63) is 38.3 Å². The van der Waals surface area contributed by atoms with Gasteiger partial charge in [-0.2, -0.15) is 0 Å². The van der Waals surface area contributed by atoms with Crippen molar-refractivity contribution in [2.45, 2.75) is 6.54 Å². The summed E-state index contributed by atoms with van der Waals surface area (Å²) in [6.07, 6.45) is 0. The highest BCUT2D eigenvalue weighted by molar-refractivity contribution is 9.10. The van der Waals surface area contributed by atoms with Crippen LogP contribution < -0.4 is 0 Å². The van der Waals surface area contributed by atoms with E-state index >= 15 is 0 Å². The summed E-state index contributed by atoms with van der Waals surface area (Å²) in [5, 5.41) is 10.9. The summed E-state index contributed by atoms with van der Waals surface area (Å²) < 4.78 is 0.492. The van der Waals surface area contributed by atoms with E-state index in [1.807, 2.05) is 11.0 Å². The highest BCUT2D eigenvalue weighted by Gasteiger charge is 2.23. The largest absolute Gasteiger partial charge is 0.343 e. The molecule has 0 bridgehead atoms. The van der Waals surface area contributed by atoms with E-state index in [0.29, 0.717) is 24.1 Å². The van der Waals surface area contributed by atoms with Gasteiger partial charge in [0.15, 0.2) is 0 Å². The topological polar surface area (TPSA) is 66.7 Å². The zero-order valence-corrected chi connectivity index (χ0v) is 12.1. The average molecular weight is 328 g/mol. The molecular formula is C12H14BrN3O3. The summed E-state index contributed by atoms with van der Waals surface area (Å²) in [5.41, 5.74) is 0.879. The SMILES string of the molecule is CN1CCN(Cc2cccc([N+](=O)[O-])c2Br)CC1=O. The fraction of sp³-hybridized carbons (Fsp3) is 0.417. The number of nitro groups is 1. The number of rotatable bonds is 3. The molecule has 0 spiro atoms. The number of nitrogens with zero attached hydrogens (tertiary/aromatic N) is 3. The van der Waals surface area contributed by atoms with Crippen LogP contribution in [0.1, 0.15) is 5.56 Å². The van der Waals surface area contributed by atoms with Crippen LogP contribution in [-0.4, -0.2) is 47.3 Å². The van der Waals surface area contributed by atoms with Crippen molar-refractivity contribution in [1.82, 2.24) is 9.80 Å². The third-order valence-electron chi connectivity index (χ3n) is 3.19. The summed E-state index contributed by atoms with van der Waals surface area (Å²) in [4.78, 5) is 25.8. The zero-order valence-electron chi connectivity index (χ0n) is 10.5. The second kappa shape index (κ2) is 5.66. The van der Waals surface area contributed by atoms with E-state index in [9.17, 15) is 14.9 Å². The zero-order chi connectivity index (χ0) is 14.0. The van der Waals surface area contributed by atoms with E-state index in [0.717, 1.165) is 12.1 Å². The van der Waals surface area contributed by atoms with E-state index in [4.69, 9.17) is 0 Å². The maximum atomic E-state index is 11.6. The fourth-order valence-electron chi connectivity index (χ4n) is 2.01. The van der Waals surface area contributed by atoms with E-state index in [1.165, 1.54) is 6.07 Å². The number of benzene rings is 1. The lowest BCUT2D eigenvalue weighted by molar-refractivity contribution is -0.385. The molecule has 2 rings (SSSR count). The van der Waals surface area contributed by atoms with Gasteiger partial charge in [0.1, 0.15) is 0 Å². The van der Waals surface area contributed by atoms with Gasteiger partial charge in [-0.3, -0.25) is 19.8 Å². The van der Waals surface area contributed by atoms with Gasteiger partial charge in [0, 0.05) is 32.7 Å². The summed E-state index contributed by atoms with van der Waals surface area (Å²) >= 11 is 3.27. The van der Waals surface area contributed by atoms with Crippen LogP contribution in [0.15, 0.2) is 22.7 Å². The smallest absolute Gasteiger partial charge is 0.283 e. The fourth-order valence-corrected chi connectivity index (χ4v) is 2.55. The third-order valence-corrected chi connectivity index (χ3v) is 4.10. The average Bonchev–Trinajstić information content (AvgIpc) is 2.36. The molecule has 1 heterocycles. The molecule has 1 aliphatic rings. The van der Waals surface area contributed by atoms with E-state index in [2.05, 4.69) is 15.9 Å². The van der Waals surface area contributed by atoms with Crippen LogP contribution in [0.5, 0.6) is 0 Å². The first-order valence-corrected chi connectivity index (χ1v) is 6.66. The Morgan fingerprint density at radius 1 is 1.42 bits per heavy atom. The summed E-state index contributed by atoms with van der Waals surface area (Å²) in [5.74, 6) is 0.0767. The summed E-state index contributed by atoms with van der Waals surface area (Å²) in [6.45, 7) is 2.34. The Bertz CT molecular complexity index is 521. The molecule has 102 valence electrons. The van der Waals surface area contributed by atoms with Crippen molar-refractivity contribution >= 4 is 27.5 Å². The Kier molecular flexibility index (Phi) is 4.16. The van der Waals surface area contributed by atoms with Crippen molar-refractivity contribution in [1.29, 1.82) is 0 Å². The molecule has 0 aromatic heterocycles. The maximum absolute atomic E-state index is 11.6. The molecule has 1 aliphatic heterocycles. The van der Waals surface area contributed by atoms with Gasteiger partial charge >= 0.3 is 0 Å². The minimum atomic E-state index is -0.414. The lowest BCUT2D eigenvalue weighted by Gasteiger charge is -2.32. The number of hydrogen-bond donors (Lipinski definition) is 0. The van der Waals surface area contributed by atoms with Crippen LogP contribution >= 0.6 is 15.9 Å². The van der Waals surface area contributed by atoms with Gasteiger partial charge in [0.25, 0.3) is 5.69 Å². The van der Waals surface area contributed by atoms with Crippen LogP contribution in [0, 0.1) is 10.1 Å². The number of nitro benzene ring substituents is 1. The van der Waals surface area contributed by atoms with E-state index in [1.54, 1.807) is 18.0 Å². The molecular weight excluding hydrogens is 314 g/mol. The molecule has 0 saturated carbocycles. The summed E-state index contributed by atoms with van der Waals surface area (Å²) in [6, 6.07) is 4.96. The van der Waals surface area contributed by atoms with Gasteiger partial charge in [-0.1, -0.05) is 12.1 Å². The monoisotopic (exact) mass is 327 g/mol. The molecule has 0 unspecified atom stereocenters.